The molecule has 2 aliphatic rings. The lowest BCUT2D eigenvalue weighted by Crippen LogP contribution is -2.50. The lowest BCUT2D eigenvalue weighted by Gasteiger charge is -2.36. The van der Waals surface area contributed by atoms with Crippen molar-refractivity contribution in [3.63, 3.8) is 0 Å². The lowest BCUT2D eigenvalue weighted by atomic mass is 10.0. The molecule has 1 aromatic carbocycles. The Hall–Kier alpha value is -2.92. The van der Waals surface area contributed by atoms with Crippen molar-refractivity contribution in [3.8, 4) is 0 Å². The Morgan fingerprint density at radius 2 is 1.89 bits per heavy atom. The third-order valence-corrected chi connectivity index (χ3v) is 8.26. The van der Waals surface area contributed by atoms with Crippen molar-refractivity contribution >= 4 is 39.1 Å². The van der Waals surface area contributed by atoms with Crippen LogP contribution in [0.15, 0.2) is 24.3 Å². The third kappa shape index (κ3) is 5.58. The number of benzene rings is 1. The summed E-state index contributed by atoms with van der Waals surface area (Å²) in [6, 6.07) is 4.32. The van der Waals surface area contributed by atoms with E-state index in [-0.39, 0.29) is 5.69 Å². The number of amides is 2. The first-order valence-electron chi connectivity index (χ1n) is 13.1. The Balaban J connectivity index is 1.35. The number of anilines is 2. The largest absolute Gasteiger partial charge is 0.416 e. The molecule has 0 unspecified atom stereocenters. The maximum absolute atomic E-state index is 13.1. The predicted octanol–water partition coefficient (Wildman–Crippen LogP) is 5.64. The third-order valence-electron chi connectivity index (χ3n) is 7.15. The quantitative estimate of drug-likeness (QED) is 0.449. The average Bonchev–Trinajstić information content (AvgIpc) is 3.25. The summed E-state index contributed by atoms with van der Waals surface area (Å²) in [6.45, 7) is 11.6. The highest BCUT2D eigenvalue weighted by molar-refractivity contribution is 7.19. The van der Waals surface area contributed by atoms with Gasteiger partial charge < -0.3 is 15.1 Å². The van der Waals surface area contributed by atoms with Gasteiger partial charge in [0.1, 0.15) is 16.5 Å². The number of alkyl halides is 3. The van der Waals surface area contributed by atoms with Gasteiger partial charge in [-0.05, 0) is 42.6 Å². The number of hydrogen-bond donors (Lipinski definition) is 1. The molecule has 5 rings (SSSR count). The number of rotatable bonds is 5. The number of aromatic nitrogens is 2. The monoisotopic (exact) mass is 546 g/mol. The van der Waals surface area contributed by atoms with Gasteiger partial charge in [-0.1, -0.05) is 26.8 Å². The number of thiophene rings is 1. The van der Waals surface area contributed by atoms with Crippen molar-refractivity contribution in [2.45, 2.75) is 46.3 Å². The molecule has 3 aromatic rings. The fraction of sp³-hybridized carbons (Fsp3) is 0.519. The van der Waals surface area contributed by atoms with Gasteiger partial charge in [0.25, 0.3) is 0 Å². The van der Waals surface area contributed by atoms with E-state index in [1.807, 2.05) is 0 Å². The van der Waals surface area contributed by atoms with Crippen LogP contribution in [0.4, 0.5) is 29.5 Å². The number of hydrogen-bond acceptors (Lipinski definition) is 6. The van der Waals surface area contributed by atoms with Gasteiger partial charge in [-0.3, -0.25) is 4.90 Å². The maximum Gasteiger partial charge on any atom is 0.416 e. The van der Waals surface area contributed by atoms with E-state index in [1.54, 1.807) is 16.2 Å². The number of carbonyl (C=O) groups is 1. The Morgan fingerprint density at radius 1 is 1.13 bits per heavy atom. The van der Waals surface area contributed by atoms with Crippen LogP contribution in [0, 0.1) is 5.92 Å². The molecule has 1 N–H and O–H groups in total. The number of nitrogens with one attached hydrogen (secondary N) is 1. The van der Waals surface area contributed by atoms with Gasteiger partial charge in [-0.15, -0.1) is 11.3 Å². The van der Waals surface area contributed by atoms with E-state index in [4.69, 9.17) is 9.97 Å². The zero-order valence-electron chi connectivity index (χ0n) is 21.9. The van der Waals surface area contributed by atoms with Crippen LogP contribution < -0.4 is 10.2 Å². The predicted molar refractivity (Wildman–Crippen MR) is 145 cm³/mol. The molecule has 2 amide bonds. The van der Waals surface area contributed by atoms with Crippen molar-refractivity contribution in [1.82, 2.24) is 19.8 Å². The van der Waals surface area contributed by atoms with Gasteiger partial charge in [-0.2, -0.15) is 13.2 Å². The van der Waals surface area contributed by atoms with Gasteiger partial charge >= 0.3 is 12.2 Å². The van der Waals surface area contributed by atoms with Crippen LogP contribution in [0.25, 0.3) is 10.2 Å². The van der Waals surface area contributed by atoms with Crippen molar-refractivity contribution < 1.29 is 18.0 Å². The molecule has 0 atom stereocenters. The van der Waals surface area contributed by atoms with Crippen molar-refractivity contribution in [2.24, 2.45) is 5.92 Å². The number of urea groups is 1. The molecule has 7 nitrogen and oxygen atoms in total. The minimum absolute atomic E-state index is 0.133. The highest BCUT2D eigenvalue weighted by atomic mass is 32.1. The SMILES string of the molecule is CCN1CCc2c(sc3nc(CC(C)C)nc(N4CCN(C(=O)Nc5cccc(C(F)(F)F)c5)CC4)c23)C1. The van der Waals surface area contributed by atoms with Gasteiger partial charge in [0.15, 0.2) is 0 Å². The minimum atomic E-state index is -4.46. The van der Waals surface area contributed by atoms with Crippen molar-refractivity contribution in [2.75, 3.05) is 49.5 Å². The molecule has 0 saturated carbocycles. The Bertz CT molecular complexity index is 1320. The summed E-state index contributed by atoms with van der Waals surface area (Å²) in [5.74, 6) is 2.23. The van der Waals surface area contributed by atoms with E-state index in [2.05, 4.69) is 35.9 Å². The van der Waals surface area contributed by atoms with Gasteiger partial charge in [-0.25, -0.2) is 14.8 Å². The molecule has 204 valence electrons. The zero-order chi connectivity index (χ0) is 27.0. The van der Waals surface area contributed by atoms with Crippen LogP contribution in [0.2, 0.25) is 0 Å². The van der Waals surface area contributed by atoms with Gasteiger partial charge in [0.05, 0.1) is 10.9 Å². The smallest absolute Gasteiger partial charge is 0.352 e. The summed E-state index contributed by atoms with van der Waals surface area (Å²) >= 11 is 1.77. The van der Waals surface area contributed by atoms with Crippen LogP contribution in [0.1, 0.15) is 42.6 Å². The standard InChI is InChI=1S/C27H33F3N6OS/c1-4-34-9-8-20-21(16-34)38-25-23(20)24(32-22(33-25)14-17(2)3)35-10-12-36(13-11-35)26(37)31-19-7-5-6-18(15-19)27(28,29)30/h5-7,15,17H,4,8-14,16H2,1-3H3,(H,31,37). The highest BCUT2D eigenvalue weighted by Gasteiger charge is 2.31. The van der Waals surface area contributed by atoms with E-state index in [9.17, 15) is 18.0 Å². The number of nitrogens with zero attached hydrogens (tertiary/aromatic N) is 5. The summed E-state index contributed by atoms with van der Waals surface area (Å²) in [5.41, 5.74) is 0.700. The molecule has 0 bridgehead atoms. The first kappa shape index (κ1) is 26.7. The molecule has 1 fully saturated rings. The van der Waals surface area contributed by atoms with E-state index in [0.717, 1.165) is 66.5 Å². The topological polar surface area (TPSA) is 64.6 Å². The van der Waals surface area contributed by atoms with Crippen LogP contribution in [0.3, 0.4) is 0 Å². The van der Waals surface area contributed by atoms with Crippen molar-refractivity contribution in [1.29, 1.82) is 0 Å². The zero-order valence-corrected chi connectivity index (χ0v) is 22.8. The molecule has 2 aromatic heterocycles. The van der Waals surface area contributed by atoms with Crippen LogP contribution >= 0.6 is 11.3 Å². The Labute approximate surface area is 224 Å². The second-order valence-electron chi connectivity index (χ2n) is 10.3. The minimum Gasteiger partial charge on any atom is -0.352 e. The molecule has 4 heterocycles. The lowest BCUT2D eigenvalue weighted by molar-refractivity contribution is -0.137. The summed E-state index contributed by atoms with van der Waals surface area (Å²) < 4.78 is 39.2. The van der Waals surface area contributed by atoms with E-state index in [0.29, 0.717) is 32.1 Å². The summed E-state index contributed by atoms with van der Waals surface area (Å²) in [7, 11) is 0. The van der Waals surface area contributed by atoms with Crippen LogP contribution in [-0.4, -0.2) is 65.1 Å². The number of halogens is 3. The fourth-order valence-corrected chi connectivity index (χ4v) is 6.40. The van der Waals surface area contributed by atoms with Crippen LogP contribution in [0.5, 0.6) is 0 Å². The number of fused-ring (bicyclic) bond motifs is 3. The average molecular weight is 547 g/mol. The first-order valence-corrected chi connectivity index (χ1v) is 14.0. The summed E-state index contributed by atoms with van der Waals surface area (Å²) in [4.78, 5) is 31.6. The molecule has 0 spiro atoms. The fourth-order valence-electron chi connectivity index (χ4n) is 5.12. The van der Waals surface area contributed by atoms with Gasteiger partial charge in [0.2, 0.25) is 0 Å². The Morgan fingerprint density at radius 3 is 2.58 bits per heavy atom. The molecular weight excluding hydrogens is 513 g/mol. The highest BCUT2D eigenvalue weighted by Crippen LogP contribution is 2.39. The molecule has 38 heavy (non-hydrogen) atoms. The number of piperazine rings is 1. The number of likely N-dealkylation sites (N-methyl/N-ethyl adjacent to an activating group) is 1. The second kappa shape index (κ2) is 10.7. The van der Waals surface area contributed by atoms with E-state index in [1.165, 1.54) is 22.6 Å². The number of carbonyl (C=O) groups excluding carboxylic acids is 1. The molecule has 11 heteroatoms. The van der Waals surface area contributed by atoms with E-state index >= 15 is 0 Å². The normalized spacial score (nSPS) is 16.8. The van der Waals surface area contributed by atoms with Crippen LogP contribution in [-0.2, 0) is 25.6 Å². The van der Waals surface area contributed by atoms with Crippen molar-refractivity contribution in [3.05, 3.63) is 46.1 Å². The van der Waals surface area contributed by atoms with Gasteiger partial charge in [0, 0.05) is 56.3 Å². The molecule has 0 radical (unpaired) electrons. The molecular formula is C27H33F3N6OS. The van der Waals surface area contributed by atoms with E-state index < -0.39 is 17.8 Å². The second-order valence-corrected chi connectivity index (χ2v) is 11.4. The molecule has 2 aliphatic heterocycles. The summed E-state index contributed by atoms with van der Waals surface area (Å²) in [6.07, 6.45) is -2.69. The summed E-state index contributed by atoms with van der Waals surface area (Å²) in [5, 5.41) is 3.77. The Kier molecular flexibility index (Phi) is 7.50. The molecule has 1 saturated heterocycles. The molecule has 0 aliphatic carbocycles. The first-order chi connectivity index (χ1) is 18.1. The maximum atomic E-state index is 13.1.